The maximum absolute atomic E-state index is 12.0. The van der Waals surface area contributed by atoms with Gasteiger partial charge in [0.2, 0.25) is 5.95 Å². The van der Waals surface area contributed by atoms with E-state index >= 15 is 0 Å². The van der Waals surface area contributed by atoms with Crippen molar-refractivity contribution in [1.29, 1.82) is 0 Å². The zero-order chi connectivity index (χ0) is 14.8. The van der Waals surface area contributed by atoms with Gasteiger partial charge in [-0.1, -0.05) is 30.3 Å². The molecular weight excluding hydrogens is 266 g/mol. The Morgan fingerprint density at radius 2 is 2.19 bits per heavy atom. The third-order valence-electron chi connectivity index (χ3n) is 3.89. The van der Waals surface area contributed by atoms with E-state index in [2.05, 4.69) is 10.3 Å². The van der Waals surface area contributed by atoms with Crippen LogP contribution in [-0.4, -0.2) is 28.7 Å². The van der Waals surface area contributed by atoms with Crippen LogP contribution in [-0.2, 0) is 9.53 Å². The van der Waals surface area contributed by atoms with Crippen LogP contribution in [0.3, 0.4) is 0 Å². The Balaban J connectivity index is 1.89. The molecule has 1 aromatic carbocycles. The van der Waals surface area contributed by atoms with Crippen LogP contribution in [0.15, 0.2) is 36.5 Å². The van der Waals surface area contributed by atoms with Crippen LogP contribution in [0, 0.1) is 5.92 Å². The summed E-state index contributed by atoms with van der Waals surface area (Å²) in [5.41, 5.74) is 1.98. The van der Waals surface area contributed by atoms with Crippen molar-refractivity contribution >= 4 is 11.9 Å². The molecule has 5 nitrogen and oxygen atoms in total. The number of anilines is 1. The lowest BCUT2D eigenvalue weighted by Crippen LogP contribution is -2.37. The molecule has 0 saturated carbocycles. The molecule has 110 valence electrons. The first-order chi connectivity index (χ1) is 10.2. The number of esters is 1. The highest BCUT2D eigenvalue weighted by Crippen LogP contribution is 2.31. The average Bonchev–Trinajstić information content (AvgIpc) is 2.94. The maximum Gasteiger partial charge on any atom is 0.312 e. The average molecular weight is 285 g/mol. The summed E-state index contributed by atoms with van der Waals surface area (Å²) in [6.07, 6.45) is 1.99. The molecule has 2 atom stereocenters. The van der Waals surface area contributed by atoms with Gasteiger partial charge in [-0.15, -0.1) is 0 Å². The number of aromatic nitrogens is 2. The summed E-state index contributed by atoms with van der Waals surface area (Å²) in [6.45, 7) is 4.83. The first-order valence-electron chi connectivity index (χ1n) is 7.25. The van der Waals surface area contributed by atoms with Crippen molar-refractivity contribution in [2.45, 2.75) is 19.9 Å². The number of carbonyl (C=O) groups is 1. The van der Waals surface area contributed by atoms with Gasteiger partial charge in [-0.05, 0) is 13.8 Å². The predicted molar refractivity (Wildman–Crippen MR) is 81.0 cm³/mol. The van der Waals surface area contributed by atoms with E-state index in [1.54, 1.807) is 0 Å². The molecule has 3 rings (SSSR count). The lowest BCUT2D eigenvalue weighted by Gasteiger charge is -2.29. The van der Waals surface area contributed by atoms with Gasteiger partial charge in [-0.25, -0.2) is 4.98 Å². The Labute approximate surface area is 124 Å². The van der Waals surface area contributed by atoms with Crippen molar-refractivity contribution < 1.29 is 9.53 Å². The SMILES string of the molecule is CCOC(=O)C1CNc2nc(-c3ccccc3)cn2C1C. The Bertz CT molecular complexity index is 636. The number of nitrogens with one attached hydrogen (secondary N) is 1. The van der Waals surface area contributed by atoms with Gasteiger partial charge in [0.15, 0.2) is 0 Å². The lowest BCUT2D eigenvalue weighted by molar-refractivity contribution is -0.149. The van der Waals surface area contributed by atoms with Gasteiger partial charge in [0, 0.05) is 24.3 Å². The van der Waals surface area contributed by atoms with E-state index < -0.39 is 0 Å². The lowest BCUT2D eigenvalue weighted by atomic mass is 9.99. The molecule has 0 aliphatic carbocycles. The van der Waals surface area contributed by atoms with Crippen LogP contribution in [0.1, 0.15) is 19.9 Å². The van der Waals surface area contributed by atoms with E-state index in [0.29, 0.717) is 13.2 Å². The molecule has 0 spiro atoms. The first-order valence-corrected chi connectivity index (χ1v) is 7.25. The number of benzene rings is 1. The van der Waals surface area contributed by atoms with Crippen LogP contribution in [0.4, 0.5) is 5.95 Å². The number of hydrogen-bond donors (Lipinski definition) is 1. The van der Waals surface area contributed by atoms with Crippen LogP contribution in [0.25, 0.3) is 11.3 Å². The number of hydrogen-bond acceptors (Lipinski definition) is 4. The highest BCUT2D eigenvalue weighted by molar-refractivity contribution is 5.74. The van der Waals surface area contributed by atoms with Gasteiger partial charge in [-0.2, -0.15) is 0 Å². The summed E-state index contributed by atoms with van der Waals surface area (Å²) >= 11 is 0. The van der Waals surface area contributed by atoms with Crippen molar-refractivity contribution in [3.63, 3.8) is 0 Å². The molecule has 1 aliphatic rings. The Morgan fingerprint density at radius 3 is 2.90 bits per heavy atom. The third kappa shape index (κ3) is 2.51. The second-order valence-corrected chi connectivity index (χ2v) is 5.20. The maximum atomic E-state index is 12.0. The largest absolute Gasteiger partial charge is 0.466 e. The van der Waals surface area contributed by atoms with Gasteiger partial charge in [-0.3, -0.25) is 4.79 Å². The predicted octanol–water partition coefficient (Wildman–Crippen LogP) is 2.72. The summed E-state index contributed by atoms with van der Waals surface area (Å²) in [5, 5.41) is 3.22. The molecule has 0 radical (unpaired) electrons. The van der Waals surface area contributed by atoms with Gasteiger partial charge < -0.3 is 14.6 Å². The Kier molecular flexibility index (Phi) is 3.64. The number of fused-ring (bicyclic) bond motifs is 1. The van der Waals surface area contributed by atoms with E-state index in [1.165, 1.54) is 0 Å². The molecule has 2 heterocycles. The van der Waals surface area contributed by atoms with Gasteiger partial charge >= 0.3 is 5.97 Å². The Morgan fingerprint density at radius 1 is 1.43 bits per heavy atom. The molecule has 0 fully saturated rings. The number of imidazole rings is 1. The minimum Gasteiger partial charge on any atom is -0.466 e. The van der Waals surface area contributed by atoms with Crippen molar-refractivity contribution in [1.82, 2.24) is 9.55 Å². The number of carbonyl (C=O) groups excluding carboxylic acids is 1. The molecule has 0 saturated heterocycles. The van der Waals surface area contributed by atoms with E-state index in [9.17, 15) is 4.79 Å². The fourth-order valence-corrected chi connectivity index (χ4v) is 2.68. The second-order valence-electron chi connectivity index (χ2n) is 5.20. The van der Waals surface area contributed by atoms with Gasteiger partial charge in [0.05, 0.1) is 18.2 Å². The quantitative estimate of drug-likeness (QED) is 0.881. The fraction of sp³-hybridized carbons (Fsp3) is 0.375. The monoisotopic (exact) mass is 285 g/mol. The zero-order valence-electron chi connectivity index (χ0n) is 12.2. The van der Waals surface area contributed by atoms with Gasteiger partial charge in [0.1, 0.15) is 0 Å². The smallest absolute Gasteiger partial charge is 0.312 e. The molecule has 1 aromatic heterocycles. The molecular formula is C16H19N3O2. The van der Waals surface area contributed by atoms with Crippen LogP contribution < -0.4 is 5.32 Å². The number of ether oxygens (including phenoxy) is 1. The second kappa shape index (κ2) is 5.60. The topological polar surface area (TPSA) is 56.1 Å². The van der Waals surface area contributed by atoms with E-state index in [-0.39, 0.29) is 17.9 Å². The minimum atomic E-state index is -0.185. The van der Waals surface area contributed by atoms with Crippen LogP contribution >= 0.6 is 0 Å². The molecule has 21 heavy (non-hydrogen) atoms. The van der Waals surface area contributed by atoms with Crippen molar-refractivity contribution in [2.24, 2.45) is 5.92 Å². The van der Waals surface area contributed by atoms with Crippen LogP contribution in [0.5, 0.6) is 0 Å². The van der Waals surface area contributed by atoms with Gasteiger partial charge in [0.25, 0.3) is 0 Å². The van der Waals surface area contributed by atoms with E-state index in [0.717, 1.165) is 17.2 Å². The number of rotatable bonds is 3. The summed E-state index contributed by atoms with van der Waals surface area (Å²) in [4.78, 5) is 16.6. The summed E-state index contributed by atoms with van der Waals surface area (Å²) in [5.74, 6) is 0.468. The van der Waals surface area contributed by atoms with Crippen molar-refractivity contribution in [2.75, 3.05) is 18.5 Å². The molecule has 1 aliphatic heterocycles. The highest BCUT2D eigenvalue weighted by Gasteiger charge is 2.33. The third-order valence-corrected chi connectivity index (χ3v) is 3.89. The minimum absolute atomic E-state index is 0.0327. The highest BCUT2D eigenvalue weighted by atomic mass is 16.5. The fourth-order valence-electron chi connectivity index (χ4n) is 2.68. The Hall–Kier alpha value is -2.30. The van der Waals surface area contributed by atoms with Crippen molar-refractivity contribution in [3.8, 4) is 11.3 Å². The summed E-state index contributed by atoms with van der Waals surface area (Å²) < 4.78 is 7.17. The van der Waals surface area contributed by atoms with Crippen molar-refractivity contribution in [3.05, 3.63) is 36.5 Å². The van der Waals surface area contributed by atoms with Crippen LogP contribution in [0.2, 0.25) is 0 Å². The molecule has 2 aromatic rings. The first kappa shape index (κ1) is 13.7. The summed E-state index contributed by atoms with van der Waals surface area (Å²) in [7, 11) is 0. The molecule has 2 unspecified atom stereocenters. The standard InChI is InChI=1S/C16H19N3O2/c1-3-21-15(20)13-9-17-16-18-14(10-19(16)11(13)2)12-7-5-4-6-8-12/h4-8,10-11,13H,3,9H2,1-2H3,(H,17,18). The normalized spacial score (nSPS) is 20.5. The molecule has 1 N–H and O–H groups in total. The zero-order valence-corrected chi connectivity index (χ0v) is 12.2. The van der Waals surface area contributed by atoms with E-state index in [4.69, 9.17) is 4.74 Å². The summed E-state index contributed by atoms with van der Waals surface area (Å²) in [6, 6.07) is 10.1. The molecule has 5 heteroatoms. The molecule has 0 amide bonds. The number of nitrogens with zero attached hydrogens (tertiary/aromatic N) is 2. The molecule has 0 bridgehead atoms. The van der Waals surface area contributed by atoms with E-state index in [1.807, 2.05) is 54.9 Å².